The van der Waals surface area contributed by atoms with Gasteiger partial charge in [0.1, 0.15) is 0 Å². The van der Waals surface area contributed by atoms with Gasteiger partial charge < -0.3 is 14.0 Å². The molecule has 3 heteroatoms. The highest BCUT2D eigenvalue weighted by molar-refractivity contribution is 6.20. The van der Waals surface area contributed by atoms with E-state index in [2.05, 4.69) is 178 Å². The molecule has 6 aromatic carbocycles. The van der Waals surface area contributed by atoms with Crippen molar-refractivity contribution in [2.24, 2.45) is 0 Å². The molecule has 3 nitrogen and oxygen atoms in total. The first-order chi connectivity index (χ1) is 20.4. The maximum absolute atomic E-state index is 2.42. The second kappa shape index (κ2) is 9.58. The van der Waals surface area contributed by atoms with E-state index in [1.807, 2.05) is 0 Å². The van der Waals surface area contributed by atoms with Crippen LogP contribution < -0.4 is 4.90 Å². The van der Waals surface area contributed by atoms with Crippen molar-refractivity contribution in [1.29, 1.82) is 0 Å². The molecule has 0 bridgehead atoms. The number of fused-ring (bicyclic) bond motifs is 5. The second-order valence-corrected chi connectivity index (χ2v) is 10.3. The SMILES string of the molecule is c1ccc(N(c2ccccc2)c2ccc3c(c2)c2c(c4ccccc4n2-c2ccccc2)n3-c2ccccc2)cc1. The monoisotopic (exact) mass is 525 g/mol. The smallest absolute Gasteiger partial charge is 0.0804 e. The van der Waals surface area contributed by atoms with Gasteiger partial charge >= 0.3 is 0 Å². The quantitative estimate of drug-likeness (QED) is 0.218. The number of benzene rings is 6. The van der Waals surface area contributed by atoms with Gasteiger partial charge in [-0.3, -0.25) is 0 Å². The first kappa shape index (κ1) is 23.4. The van der Waals surface area contributed by atoms with E-state index in [9.17, 15) is 0 Å². The summed E-state index contributed by atoms with van der Waals surface area (Å²) in [5.74, 6) is 0. The highest BCUT2D eigenvalue weighted by atomic mass is 15.1. The maximum Gasteiger partial charge on any atom is 0.0804 e. The molecule has 0 aliphatic rings. The van der Waals surface area contributed by atoms with E-state index < -0.39 is 0 Å². The lowest BCUT2D eigenvalue weighted by Gasteiger charge is -2.25. The third-order valence-electron chi connectivity index (χ3n) is 7.86. The summed E-state index contributed by atoms with van der Waals surface area (Å²) in [5.41, 5.74) is 10.5. The van der Waals surface area contributed by atoms with E-state index in [-0.39, 0.29) is 0 Å². The van der Waals surface area contributed by atoms with Gasteiger partial charge in [0.05, 0.1) is 22.1 Å². The molecule has 0 fully saturated rings. The minimum Gasteiger partial charge on any atom is -0.310 e. The molecular weight excluding hydrogens is 498 g/mol. The van der Waals surface area contributed by atoms with E-state index in [0.717, 1.165) is 28.4 Å². The fourth-order valence-electron chi connectivity index (χ4n) is 6.16. The summed E-state index contributed by atoms with van der Waals surface area (Å²) in [4.78, 5) is 2.33. The molecule has 0 atom stereocenters. The highest BCUT2D eigenvalue weighted by Crippen LogP contribution is 2.43. The lowest BCUT2D eigenvalue weighted by Crippen LogP contribution is -2.09. The van der Waals surface area contributed by atoms with Crippen LogP contribution in [0.15, 0.2) is 164 Å². The van der Waals surface area contributed by atoms with Gasteiger partial charge in [0.2, 0.25) is 0 Å². The fraction of sp³-hybridized carbons (Fsp3) is 0. The van der Waals surface area contributed by atoms with Crippen LogP contribution >= 0.6 is 0 Å². The third-order valence-corrected chi connectivity index (χ3v) is 7.86. The summed E-state index contributed by atoms with van der Waals surface area (Å²) in [6.45, 7) is 0. The van der Waals surface area contributed by atoms with Crippen LogP contribution in [0.25, 0.3) is 44.2 Å². The van der Waals surface area contributed by atoms with Gasteiger partial charge in [-0.05, 0) is 72.8 Å². The number of hydrogen-bond acceptors (Lipinski definition) is 1. The number of rotatable bonds is 5. The Kier molecular flexibility index (Phi) is 5.46. The molecular formula is C38H27N3. The van der Waals surface area contributed by atoms with Crippen LogP contribution in [-0.4, -0.2) is 9.13 Å². The van der Waals surface area contributed by atoms with E-state index >= 15 is 0 Å². The van der Waals surface area contributed by atoms with Crippen LogP contribution in [0.4, 0.5) is 17.1 Å². The van der Waals surface area contributed by atoms with Crippen molar-refractivity contribution < 1.29 is 0 Å². The molecule has 0 N–H and O–H groups in total. The van der Waals surface area contributed by atoms with Crippen LogP contribution in [-0.2, 0) is 0 Å². The van der Waals surface area contributed by atoms with Crippen LogP contribution in [0.2, 0.25) is 0 Å². The van der Waals surface area contributed by atoms with E-state index in [1.165, 1.54) is 32.8 Å². The zero-order chi connectivity index (χ0) is 27.2. The largest absolute Gasteiger partial charge is 0.310 e. The average molecular weight is 526 g/mol. The zero-order valence-corrected chi connectivity index (χ0v) is 22.4. The second-order valence-electron chi connectivity index (χ2n) is 10.3. The first-order valence-electron chi connectivity index (χ1n) is 14.0. The molecule has 41 heavy (non-hydrogen) atoms. The van der Waals surface area contributed by atoms with Crippen LogP contribution in [0, 0.1) is 0 Å². The lowest BCUT2D eigenvalue weighted by atomic mass is 10.1. The van der Waals surface area contributed by atoms with Crippen molar-refractivity contribution in [3.8, 4) is 11.4 Å². The molecule has 2 aromatic heterocycles. The Morgan fingerprint density at radius 2 is 0.780 bits per heavy atom. The normalized spacial score (nSPS) is 11.4. The predicted molar refractivity (Wildman–Crippen MR) is 172 cm³/mol. The van der Waals surface area contributed by atoms with E-state index in [4.69, 9.17) is 0 Å². The Labute approximate surface area is 238 Å². The molecule has 0 saturated carbocycles. The summed E-state index contributed by atoms with van der Waals surface area (Å²) in [7, 11) is 0. The van der Waals surface area contributed by atoms with Gasteiger partial charge in [-0.1, -0.05) is 91.0 Å². The molecule has 0 radical (unpaired) electrons. The van der Waals surface area contributed by atoms with Crippen LogP contribution in [0.1, 0.15) is 0 Å². The van der Waals surface area contributed by atoms with Gasteiger partial charge in [-0.15, -0.1) is 0 Å². The fourth-order valence-corrected chi connectivity index (χ4v) is 6.16. The van der Waals surface area contributed by atoms with Crippen LogP contribution in [0.3, 0.4) is 0 Å². The molecule has 0 amide bonds. The summed E-state index contributed by atoms with van der Waals surface area (Å²) in [6, 6.07) is 58.2. The number of aromatic nitrogens is 2. The molecule has 0 spiro atoms. The summed E-state index contributed by atoms with van der Waals surface area (Å²) < 4.78 is 4.84. The molecule has 0 saturated heterocycles. The Hall–Kier alpha value is -5.54. The third kappa shape index (κ3) is 3.75. The van der Waals surface area contributed by atoms with Gasteiger partial charge in [-0.2, -0.15) is 0 Å². The number of para-hydroxylation sites is 5. The first-order valence-corrected chi connectivity index (χ1v) is 14.0. The average Bonchev–Trinajstić information content (AvgIpc) is 3.56. The molecule has 0 aliphatic heterocycles. The van der Waals surface area contributed by atoms with Crippen molar-refractivity contribution in [3.63, 3.8) is 0 Å². The van der Waals surface area contributed by atoms with E-state index in [0.29, 0.717) is 0 Å². The molecule has 194 valence electrons. The maximum atomic E-state index is 2.42. The van der Waals surface area contributed by atoms with Gasteiger partial charge in [0.15, 0.2) is 0 Å². The van der Waals surface area contributed by atoms with Gasteiger partial charge in [0.25, 0.3) is 0 Å². The summed E-state index contributed by atoms with van der Waals surface area (Å²) >= 11 is 0. The van der Waals surface area contributed by atoms with E-state index in [1.54, 1.807) is 0 Å². The summed E-state index contributed by atoms with van der Waals surface area (Å²) in [6.07, 6.45) is 0. The van der Waals surface area contributed by atoms with Crippen molar-refractivity contribution in [3.05, 3.63) is 164 Å². The number of anilines is 3. The molecule has 2 heterocycles. The minimum atomic E-state index is 1.12. The minimum absolute atomic E-state index is 1.12. The van der Waals surface area contributed by atoms with Crippen molar-refractivity contribution in [2.45, 2.75) is 0 Å². The topological polar surface area (TPSA) is 13.1 Å². The van der Waals surface area contributed by atoms with Gasteiger partial charge in [-0.25, -0.2) is 0 Å². The van der Waals surface area contributed by atoms with Crippen molar-refractivity contribution in [2.75, 3.05) is 4.90 Å². The highest BCUT2D eigenvalue weighted by Gasteiger charge is 2.23. The molecule has 8 rings (SSSR count). The zero-order valence-electron chi connectivity index (χ0n) is 22.4. The molecule has 8 aromatic rings. The predicted octanol–water partition coefficient (Wildman–Crippen LogP) is 10.2. The van der Waals surface area contributed by atoms with Crippen LogP contribution in [0.5, 0.6) is 0 Å². The molecule has 0 unspecified atom stereocenters. The number of nitrogens with zero attached hydrogens (tertiary/aromatic N) is 3. The summed E-state index contributed by atoms with van der Waals surface area (Å²) in [5, 5.41) is 2.44. The molecule has 0 aliphatic carbocycles. The van der Waals surface area contributed by atoms with Crippen molar-refractivity contribution in [1.82, 2.24) is 9.13 Å². The number of hydrogen-bond donors (Lipinski definition) is 0. The lowest BCUT2D eigenvalue weighted by molar-refractivity contribution is 1.17. The Balaban J connectivity index is 1.52. The Morgan fingerprint density at radius 1 is 0.341 bits per heavy atom. The van der Waals surface area contributed by atoms with Crippen molar-refractivity contribution >= 4 is 49.9 Å². The standard InChI is InChI=1S/C38H27N3/c1-5-15-28(16-6-1)39(29-17-7-2-8-18-29)32-25-26-36-34(27-32)38-37(41(36)31-21-11-4-12-22-31)33-23-13-14-24-35(33)40(38)30-19-9-3-10-20-30/h1-27H. The Bertz CT molecular complexity index is 2050. The Morgan fingerprint density at radius 3 is 1.34 bits per heavy atom. The van der Waals surface area contributed by atoms with Gasteiger partial charge in [0, 0.05) is 39.2 Å².